The van der Waals surface area contributed by atoms with E-state index in [1.54, 1.807) is 18.2 Å². The zero-order chi connectivity index (χ0) is 15.3. The molecule has 20 heavy (non-hydrogen) atoms. The molecule has 0 saturated heterocycles. The second-order valence-corrected chi connectivity index (χ2v) is 5.81. The molecule has 4 heteroatoms. The van der Waals surface area contributed by atoms with Gasteiger partial charge in [-0.2, -0.15) is 0 Å². The van der Waals surface area contributed by atoms with Gasteiger partial charge in [-0.05, 0) is 44.5 Å². The van der Waals surface area contributed by atoms with Gasteiger partial charge in [0.1, 0.15) is 5.82 Å². The molecule has 0 spiro atoms. The van der Waals surface area contributed by atoms with Gasteiger partial charge in [0.25, 0.3) is 0 Å². The lowest BCUT2D eigenvalue weighted by molar-refractivity contribution is 0.0842. The van der Waals surface area contributed by atoms with Crippen LogP contribution in [0.1, 0.15) is 39.7 Å². The zero-order valence-corrected chi connectivity index (χ0v) is 13.7. The van der Waals surface area contributed by atoms with Crippen LogP contribution in [-0.2, 0) is 6.42 Å². The van der Waals surface area contributed by atoms with Gasteiger partial charge in [-0.25, -0.2) is 4.39 Å². The highest BCUT2D eigenvalue weighted by molar-refractivity contribution is 6.30. The van der Waals surface area contributed by atoms with Gasteiger partial charge >= 0.3 is 0 Å². The molecule has 2 atom stereocenters. The van der Waals surface area contributed by atoms with E-state index in [4.69, 9.17) is 17.3 Å². The first kappa shape index (κ1) is 17.4. The molecule has 0 heterocycles. The van der Waals surface area contributed by atoms with Gasteiger partial charge in [0.05, 0.1) is 5.02 Å². The average Bonchev–Trinajstić information content (AvgIpc) is 2.44. The van der Waals surface area contributed by atoms with Crippen molar-refractivity contribution in [1.29, 1.82) is 0 Å². The maximum atomic E-state index is 14.0. The van der Waals surface area contributed by atoms with Crippen molar-refractivity contribution in [3.63, 3.8) is 0 Å². The number of hydrogen-bond acceptors (Lipinski definition) is 2. The summed E-state index contributed by atoms with van der Waals surface area (Å²) < 4.78 is 14.0. The van der Waals surface area contributed by atoms with Crippen LogP contribution in [0.2, 0.25) is 5.02 Å². The fraction of sp³-hybridized carbons (Fsp3) is 0.625. The largest absolute Gasteiger partial charge is 0.326 e. The van der Waals surface area contributed by atoms with E-state index in [1.165, 1.54) is 0 Å². The number of benzene rings is 1. The Bertz CT molecular complexity index is 434. The molecule has 1 aromatic carbocycles. The van der Waals surface area contributed by atoms with Crippen LogP contribution in [-0.4, -0.2) is 29.6 Å². The Morgan fingerprint density at radius 2 is 1.90 bits per heavy atom. The summed E-state index contributed by atoms with van der Waals surface area (Å²) in [5.41, 5.74) is 6.87. The molecule has 0 amide bonds. The summed E-state index contributed by atoms with van der Waals surface area (Å²) in [6, 6.07) is 4.96. The Kier molecular flexibility index (Phi) is 6.44. The van der Waals surface area contributed by atoms with Crippen molar-refractivity contribution in [3.8, 4) is 0 Å². The molecule has 2 unspecified atom stereocenters. The summed E-state index contributed by atoms with van der Waals surface area (Å²) in [6.45, 7) is 10.4. The summed E-state index contributed by atoms with van der Waals surface area (Å²) >= 11 is 5.84. The molecular formula is C16H26ClFN2. The third-order valence-electron chi connectivity index (χ3n) is 4.47. The molecule has 0 aliphatic rings. The van der Waals surface area contributed by atoms with E-state index in [1.807, 2.05) is 0 Å². The van der Waals surface area contributed by atoms with Crippen molar-refractivity contribution < 1.29 is 4.39 Å². The number of halogens is 2. The average molecular weight is 301 g/mol. The fourth-order valence-corrected chi connectivity index (χ4v) is 3.02. The molecule has 0 bridgehead atoms. The van der Waals surface area contributed by atoms with Crippen LogP contribution in [0.15, 0.2) is 18.2 Å². The maximum Gasteiger partial charge on any atom is 0.145 e. The predicted molar refractivity (Wildman–Crippen MR) is 84.7 cm³/mol. The zero-order valence-electron chi connectivity index (χ0n) is 12.9. The standard InChI is InChI=1S/C16H26ClFN2/c1-5-16(4,20(6-2)7-3)14(19)11-12-9-8-10-13(17)15(12)18/h8-10,14H,5-7,11,19H2,1-4H3. The summed E-state index contributed by atoms with van der Waals surface area (Å²) in [7, 11) is 0. The summed E-state index contributed by atoms with van der Waals surface area (Å²) in [6.07, 6.45) is 1.42. The molecule has 0 aliphatic carbocycles. The van der Waals surface area contributed by atoms with Crippen LogP contribution >= 0.6 is 11.6 Å². The van der Waals surface area contributed by atoms with Crippen LogP contribution in [0.5, 0.6) is 0 Å². The first-order valence-corrected chi connectivity index (χ1v) is 7.71. The van der Waals surface area contributed by atoms with Gasteiger partial charge < -0.3 is 5.73 Å². The number of rotatable bonds is 7. The molecule has 114 valence electrons. The second kappa shape index (κ2) is 7.39. The minimum absolute atomic E-state index is 0.139. The van der Waals surface area contributed by atoms with E-state index in [9.17, 15) is 4.39 Å². The molecule has 1 rings (SSSR count). The van der Waals surface area contributed by atoms with Crippen molar-refractivity contribution in [2.45, 2.75) is 52.1 Å². The van der Waals surface area contributed by atoms with Gasteiger partial charge in [-0.1, -0.05) is 44.5 Å². The highest BCUT2D eigenvalue weighted by Gasteiger charge is 2.35. The third kappa shape index (κ3) is 3.51. The van der Waals surface area contributed by atoms with Crippen LogP contribution < -0.4 is 5.73 Å². The van der Waals surface area contributed by atoms with Gasteiger partial charge in [-0.3, -0.25) is 4.90 Å². The minimum Gasteiger partial charge on any atom is -0.326 e. The maximum absolute atomic E-state index is 14.0. The Hall–Kier alpha value is -0.640. The highest BCUT2D eigenvalue weighted by atomic mass is 35.5. The van der Waals surface area contributed by atoms with E-state index in [0.29, 0.717) is 12.0 Å². The molecule has 2 N–H and O–H groups in total. The van der Waals surface area contributed by atoms with Crippen LogP contribution in [0.25, 0.3) is 0 Å². The Balaban J connectivity index is 2.97. The van der Waals surface area contributed by atoms with E-state index >= 15 is 0 Å². The van der Waals surface area contributed by atoms with Crippen molar-refractivity contribution in [1.82, 2.24) is 4.90 Å². The van der Waals surface area contributed by atoms with Crippen molar-refractivity contribution >= 4 is 11.6 Å². The second-order valence-electron chi connectivity index (χ2n) is 5.41. The Morgan fingerprint density at radius 3 is 2.40 bits per heavy atom. The summed E-state index contributed by atoms with van der Waals surface area (Å²) in [5, 5.41) is 0.163. The molecule has 0 aliphatic heterocycles. The SMILES string of the molecule is CCN(CC)C(C)(CC)C(N)Cc1cccc(Cl)c1F. The number of likely N-dealkylation sites (N-methyl/N-ethyl adjacent to an activating group) is 1. The van der Waals surface area contributed by atoms with Crippen molar-refractivity contribution in [2.75, 3.05) is 13.1 Å². The molecule has 2 nitrogen and oxygen atoms in total. The molecular weight excluding hydrogens is 275 g/mol. The predicted octanol–water partition coefficient (Wildman–Crippen LogP) is 3.86. The Labute approximate surface area is 127 Å². The lowest BCUT2D eigenvalue weighted by Gasteiger charge is -2.44. The van der Waals surface area contributed by atoms with Crippen LogP contribution in [0.3, 0.4) is 0 Å². The molecule has 0 radical (unpaired) electrons. The summed E-state index contributed by atoms with van der Waals surface area (Å²) in [5.74, 6) is -0.345. The molecule has 0 aromatic heterocycles. The van der Waals surface area contributed by atoms with Gasteiger partial charge in [0.15, 0.2) is 0 Å². The third-order valence-corrected chi connectivity index (χ3v) is 4.76. The molecule has 0 fully saturated rings. The first-order valence-electron chi connectivity index (χ1n) is 7.34. The van der Waals surface area contributed by atoms with Crippen molar-refractivity contribution in [2.24, 2.45) is 5.73 Å². The first-order chi connectivity index (χ1) is 9.40. The van der Waals surface area contributed by atoms with Crippen molar-refractivity contribution in [3.05, 3.63) is 34.6 Å². The van der Waals surface area contributed by atoms with Gasteiger partial charge in [0.2, 0.25) is 0 Å². The van der Waals surface area contributed by atoms with Gasteiger partial charge in [-0.15, -0.1) is 0 Å². The van der Waals surface area contributed by atoms with Crippen LogP contribution in [0, 0.1) is 5.82 Å². The Morgan fingerprint density at radius 1 is 1.30 bits per heavy atom. The quantitative estimate of drug-likeness (QED) is 0.828. The monoisotopic (exact) mass is 300 g/mol. The lowest BCUT2D eigenvalue weighted by atomic mass is 9.84. The number of hydrogen-bond donors (Lipinski definition) is 1. The van der Waals surface area contributed by atoms with E-state index in [0.717, 1.165) is 19.5 Å². The van der Waals surface area contributed by atoms with E-state index in [2.05, 4.69) is 32.6 Å². The fourth-order valence-electron chi connectivity index (χ4n) is 2.83. The molecule has 0 saturated carbocycles. The number of nitrogens with zero attached hydrogens (tertiary/aromatic N) is 1. The number of nitrogens with two attached hydrogens (primary N) is 1. The summed E-state index contributed by atoms with van der Waals surface area (Å²) in [4.78, 5) is 2.35. The lowest BCUT2D eigenvalue weighted by Crippen LogP contribution is -2.58. The minimum atomic E-state index is -0.345. The molecule has 1 aromatic rings. The topological polar surface area (TPSA) is 29.3 Å². The highest BCUT2D eigenvalue weighted by Crippen LogP contribution is 2.26. The van der Waals surface area contributed by atoms with Crippen LogP contribution in [0.4, 0.5) is 4.39 Å². The van der Waals surface area contributed by atoms with E-state index < -0.39 is 0 Å². The smallest absolute Gasteiger partial charge is 0.145 e. The van der Waals surface area contributed by atoms with Gasteiger partial charge in [0, 0.05) is 11.6 Å². The normalized spacial score (nSPS) is 16.2. The van der Waals surface area contributed by atoms with E-state index in [-0.39, 0.29) is 22.4 Å².